The number of benzene rings is 1. The number of thioether (sulfide) groups is 1. The topological polar surface area (TPSA) is 29.3 Å². The Morgan fingerprint density at radius 1 is 1.18 bits per heavy atom. The lowest BCUT2D eigenvalue weighted by atomic mass is 10.0. The smallest absolute Gasteiger partial charge is 0.0307 e. The highest BCUT2D eigenvalue weighted by Crippen LogP contribution is 2.15. The van der Waals surface area contributed by atoms with Gasteiger partial charge < -0.3 is 10.6 Å². The molecular weight excluding hydrogens is 228 g/mol. The summed E-state index contributed by atoms with van der Waals surface area (Å²) >= 11 is 2.08. The Morgan fingerprint density at radius 3 is 2.82 bits per heavy atom. The van der Waals surface area contributed by atoms with Gasteiger partial charge in [-0.2, -0.15) is 11.8 Å². The lowest BCUT2D eigenvalue weighted by Crippen LogP contribution is -2.29. The zero-order valence-electron chi connectivity index (χ0n) is 10.3. The third-order valence-corrected chi connectivity index (χ3v) is 4.35. The fraction of sp³-hybridized carbons (Fsp3) is 0.571. The first-order valence-electron chi connectivity index (χ1n) is 6.47. The van der Waals surface area contributed by atoms with Crippen LogP contribution in [0, 0.1) is 0 Å². The van der Waals surface area contributed by atoms with Crippen molar-refractivity contribution in [3.05, 3.63) is 35.9 Å². The highest BCUT2D eigenvalue weighted by atomic mass is 32.2. The molecule has 1 saturated heterocycles. The van der Waals surface area contributed by atoms with Gasteiger partial charge in [0.05, 0.1) is 0 Å². The van der Waals surface area contributed by atoms with Gasteiger partial charge >= 0.3 is 0 Å². The third kappa shape index (κ3) is 4.34. The molecule has 0 aromatic heterocycles. The van der Waals surface area contributed by atoms with Gasteiger partial charge in [-0.3, -0.25) is 0 Å². The zero-order valence-corrected chi connectivity index (χ0v) is 11.2. The molecule has 0 aliphatic carbocycles. The van der Waals surface area contributed by atoms with E-state index in [9.17, 15) is 0 Å². The minimum Gasteiger partial charge on any atom is -0.324 e. The van der Waals surface area contributed by atoms with Crippen LogP contribution in [0.25, 0.3) is 0 Å². The van der Waals surface area contributed by atoms with Gasteiger partial charge in [-0.15, -0.1) is 0 Å². The standard InChI is InChI=1S/C14H22N2S/c15-14(13-5-2-1-3-6-13)7-9-16-8-4-11-17-12-10-16/h1-3,5-6,14H,4,7-12,15H2. The van der Waals surface area contributed by atoms with Crippen LogP contribution in [0.5, 0.6) is 0 Å². The second kappa shape index (κ2) is 7.04. The van der Waals surface area contributed by atoms with Crippen LogP contribution >= 0.6 is 11.8 Å². The van der Waals surface area contributed by atoms with Gasteiger partial charge in [0.25, 0.3) is 0 Å². The molecular formula is C14H22N2S. The highest BCUT2D eigenvalue weighted by molar-refractivity contribution is 7.99. The summed E-state index contributed by atoms with van der Waals surface area (Å²) in [5, 5.41) is 0. The van der Waals surface area contributed by atoms with Crippen molar-refractivity contribution in [2.45, 2.75) is 18.9 Å². The molecule has 1 heterocycles. The van der Waals surface area contributed by atoms with Crippen LogP contribution in [-0.2, 0) is 0 Å². The Kier molecular flexibility index (Phi) is 5.36. The van der Waals surface area contributed by atoms with Crippen molar-refractivity contribution >= 4 is 11.8 Å². The van der Waals surface area contributed by atoms with Crippen LogP contribution < -0.4 is 5.73 Å². The van der Waals surface area contributed by atoms with E-state index in [2.05, 4.69) is 40.9 Å². The SMILES string of the molecule is NC(CCN1CCCSCC1)c1ccccc1. The van der Waals surface area contributed by atoms with Crippen LogP contribution in [0.3, 0.4) is 0 Å². The Balaban J connectivity index is 1.77. The first-order valence-corrected chi connectivity index (χ1v) is 7.62. The molecule has 2 nitrogen and oxygen atoms in total. The van der Waals surface area contributed by atoms with Gasteiger partial charge in [-0.25, -0.2) is 0 Å². The van der Waals surface area contributed by atoms with Gasteiger partial charge in [0, 0.05) is 18.3 Å². The predicted molar refractivity (Wildman–Crippen MR) is 76.4 cm³/mol. The molecule has 1 aliphatic heterocycles. The number of nitrogens with two attached hydrogens (primary N) is 1. The van der Waals surface area contributed by atoms with E-state index in [0.717, 1.165) is 13.0 Å². The van der Waals surface area contributed by atoms with Gasteiger partial charge in [0.2, 0.25) is 0 Å². The number of rotatable bonds is 4. The molecule has 0 radical (unpaired) electrons. The number of hydrogen-bond acceptors (Lipinski definition) is 3. The normalized spacial score (nSPS) is 19.8. The molecule has 1 aromatic carbocycles. The lowest BCUT2D eigenvalue weighted by molar-refractivity contribution is 0.283. The Labute approximate surface area is 109 Å². The van der Waals surface area contributed by atoms with E-state index in [1.807, 2.05) is 6.07 Å². The van der Waals surface area contributed by atoms with E-state index in [-0.39, 0.29) is 6.04 Å². The van der Waals surface area contributed by atoms with Crippen molar-refractivity contribution in [2.24, 2.45) is 5.73 Å². The van der Waals surface area contributed by atoms with Crippen molar-refractivity contribution in [1.82, 2.24) is 4.90 Å². The van der Waals surface area contributed by atoms with Crippen molar-refractivity contribution in [1.29, 1.82) is 0 Å². The van der Waals surface area contributed by atoms with E-state index in [1.165, 1.54) is 36.6 Å². The van der Waals surface area contributed by atoms with E-state index >= 15 is 0 Å². The first kappa shape index (κ1) is 12.9. The minimum atomic E-state index is 0.187. The van der Waals surface area contributed by atoms with E-state index in [0.29, 0.717) is 0 Å². The predicted octanol–water partition coefficient (Wildman–Crippen LogP) is 2.52. The maximum Gasteiger partial charge on any atom is 0.0307 e. The molecule has 1 unspecified atom stereocenters. The molecule has 2 N–H and O–H groups in total. The largest absolute Gasteiger partial charge is 0.324 e. The van der Waals surface area contributed by atoms with Crippen LogP contribution in [0.1, 0.15) is 24.4 Å². The molecule has 1 atom stereocenters. The summed E-state index contributed by atoms with van der Waals surface area (Å²) < 4.78 is 0. The summed E-state index contributed by atoms with van der Waals surface area (Å²) in [6.07, 6.45) is 2.39. The molecule has 0 saturated carbocycles. The molecule has 3 heteroatoms. The molecule has 94 valence electrons. The van der Waals surface area contributed by atoms with Gasteiger partial charge in [0.15, 0.2) is 0 Å². The highest BCUT2D eigenvalue weighted by Gasteiger charge is 2.11. The third-order valence-electron chi connectivity index (χ3n) is 3.30. The first-order chi connectivity index (χ1) is 8.36. The second-order valence-electron chi connectivity index (χ2n) is 4.61. The van der Waals surface area contributed by atoms with E-state index in [1.54, 1.807) is 0 Å². The number of hydrogen-bond donors (Lipinski definition) is 1. The fourth-order valence-corrected chi connectivity index (χ4v) is 3.13. The number of nitrogens with zero attached hydrogens (tertiary/aromatic N) is 1. The monoisotopic (exact) mass is 250 g/mol. The van der Waals surface area contributed by atoms with Crippen LogP contribution in [0.15, 0.2) is 30.3 Å². The van der Waals surface area contributed by atoms with Gasteiger partial charge in [0.1, 0.15) is 0 Å². The second-order valence-corrected chi connectivity index (χ2v) is 5.84. The molecule has 0 spiro atoms. The summed E-state index contributed by atoms with van der Waals surface area (Å²) in [4.78, 5) is 2.56. The van der Waals surface area contributed by atoms with Crippen molar-refractivity contribution in [2.75, 3.05) is 31.1 Å². The van der Waals surface area contributed by atoms with Crippen molar-refractivity contribution in [3.8, 4) is 0 Å². The zero-order chi connectivity index (χ0) is 11.9. The van der Waals surface area contributed by atoms with Crippen molar-refractivity contribution in [3.63, 3.8) is 0 Å². The Morgan fingerprint density at radius 2 is 2.00 bits per heavy atom. The average molecular weight is 250 g/mol. The average Bonchev–Trinajstić information content (AvgIpc) is 2.65. The van der Waals surface area contributed by atoms with Crippen LogP contribution in [0.4, 0.5) is 0 Å². The molecule has 2 rings (SSSR count). The fourth-order valence-electron chi connectivity index (χ4n) is 2.21. The maximum absolute atomic E-state index is 6.22. The van der Waals surface area contributed by atoms with Gasteiger partial charge in [-0.05, 0) is 37.2 Å². The summed E-state index contributed by atoms with van der Waals surface area (Å²) in [6.45, 7) is 3.61. The summed E-state index contributed by atoms with van der Waals surface area (Å²) in [5.41, 5.74) is 7.48. The maximum atomic E-state index is 6.22. The summed E-state index contributed by atoms with van der Waals surface area (Å²) in [6, 6.07) is 10.6. The molecule has 1 aliphatic rings. The quantitative estimate of drug-likeness (QED) is 0.890. The van der Waals surface area contributed by atoms with Crippen LogP contribution in [-0.4, -0.2) is 36.0 Å². The lowest BCUT2D eigenvalue weighted by Gasteiger charge is -2.21. The Bertz CT molecular complexity index is 307. The molecule has 17 heavy (non-hydrogen) atoms. The summed E-state index contributed by atoms with van der Waals surface area (Å²) in [7, 11) is 0. The van der Waals surface area contributed by atoms with Crippen LogP contribution in [0.2, 0.25) is 0 Å². The molecule has 1 aromatic rings. The molecule has 0 amide bonds. The minimum absolute atomic E-state index is 0.187. The summed E-state index contributed by atoms with van der Waals surface area (Å²) in [5.74, 6) is 2.60. The Hall–Kier alpha value is -0.510. The molecule has 1 fully saturated rings. The van der Waals surface area contributed by atoms with E-state index in [4.69, 9.17) is 5.73 Å². The van der Waals surface area contributed by atoms with Crippen molar-refractivity contribution < 1.29 is 0 Å². The van der Waals surface area contributed by atoms with E-state index < -0.39 is 0 Å². The molecule has 0 bridgehead atoms. The van der Waals surface area contributed by atoms with Gasteiger partial charge in [-0.1, -0.05) is 30.3 Å².